The van der Waals surface area contributed by atoms with E-state index in [0.717, 1.165) is 17.6 Å². The molecule has 6 heteroatoms. The van der Waals surface area contributed by atoms with Crippen molar-refractivity contribution >= 4 is 21.8 Å². The van der Waals surface area contributed by atoms with Gasteiger partial charge in [-0.05, 0) is 36.4 Å². The summed E-state index contributed by atoms with van der Waals surface area (Å²) < 4.78 is 6.75. The van der Waals surface area contributed by atoms with Gasteiger partial charge in [0.15, 0.2) is 0 Å². The van der Waals surface area contributed by atoms with Crippen molar-refractivity contribution in [3.8, 4) is 11.6 Å². The van der Waals surface area contributed by atoms with Gasteiger partial charge in [-0.25, -0.2) is 4.98 Å². The highest BCUT2D eigenvalue weighted by atomic mass is 79.9. The summed E-state index contributed by atoms with van der Waals surface area (Å²) in [5.74, 6) is 0.950. The molecular formula is C16H16BrN3O2. The van der Waals surface area contributed by atoms with E-state index in [2.05, 4.69) is 26.2 Å². The maximum atomic E-state index is 12.6. The van der Waals surface area contributed by atoms with E-state index in [1.165, 1.54) is 0 Å². The van der Waals surface area contributed by atoms with E-state index >= 15 is 0 Å². The van der Waals surface area contributed by atoms with Crippen molar-refractivity contribution in [1.82, 2.24) is 15.2 Å². The minimum absolute atomic E-state index is 0.0401. The quantitative estimate of drug-likeness (QED) is 0.912. The lowest BCUT2D eigenvalue weighted by atomic mass is 10.2. The molecule has 0 saturated carbocycles. The Labute approximate surface area is 137 Å². The van der Waals surface area contributed by atoms with E-state index in [1.807, 2.05) is 29.2 Å². The van der Waals surface area contributed by atoms with Gasteiger partial charge in [-0.2, -0.15) is 0 Å². The summed E-state index contributed by atoms with van der Waals surface area (Å²) in [6.07, 6.45) is 1.63. The Hall–Kier alpha value is -1.92. The van der Waals surface area contributed by atoms with Crippen molar-refractivity contribution in [3.63, 3.8) is 0 Å². The maximum Gasteiger partial charge on any atom is 0.259 e. The van der Waals surface area contributed by atoms with Crippen LogP contribution >= 0.6 is 15.9 Å². The van der Waals surface area contributed by atoms with Gasteiger partial charge in [0.1, 0.15) is 11.3 Å². The fourth-order valence-electron chi connectivity index (χ4n) is 2.29. The number of ether oxygens (including phenoxy) is 1. The van der Waals surface area contributed by atoms with Gasteiger partial charge in [0.25, 0.3) is 5.91 Å². The Morgan fingerprint density at radius 1 is 1.18 bits per heavy atom. The lowest BCUT2D eigenvalue weighted by Crippen LogP contribution is -2.46. The number of benzene rings is 1. The molecule has 0 atom stereocenters. The number of carbonyl (C=O) groups excluding carboxylic acids is 1. The molecule has 0 bridgehead atoms. The minimum atomic E-state index is -0.0401. The van der Waals surface area contributed by atoms with Crippen molar-refractivity contribution in [2.75, 3.05) is 26.2 Å². The number of piperazine rings is 1. The minimum Gasteiger partial charge on any atom is -0.438 e. The average molecular weight is 362 g/mol. The number of halogens is 1. The normalized spacial score (nSPS) is 14.7. The molecule has 0 unspecified atom stereocenters. The van der Waals surface area contributed by atoms with Crippen LogP contribution in [-0.4, -0.2) is 42.0 Å². The molecule has 0 spiro atoms. The third-order valence-electron chi connectivity index (χ3n) is 3.43. The number of pyridine rings is 1. The molecule has 2 aromatic rings. The van der Waals surface area contributed by atoms with Crippen LogP contribution in [0, 0.1) is 0 Å². The van der Waals surface area contributed by atoms with Crippen molar-refractivity contribution in [2.24, 2.45) is 0 Å². The molecule has 0 radical (unpaired) electrons. The van der Waals surface area contributed by atoms with Gasteiger partial charge in [0, 0.05) is 36.8 Å². The number of nitrogens with zero attached hydrogens (tertiary/aromatic N) is 2. The van der Waals surface area contributed by atoms with Crippen LogP contribution < -0.4 is 10.1 Å². The molecule has 1 aliphatic heterocycles. The summed E-state index contributed by atoms with van der Waals surface area (Å²) >= 11 is 3.38. The maximum absolute atomic E-state index is 12.6. The third kappa shape index (κ3) is 3.45. The highest BCUT2D eigenvalue weighted by Crippen LogP contribution is 2.25. The van der Waals surface area contributed by atoms with Crippen LogP contribution in [0.1, 0.15) is 10.4 Å². The summed E-state index contributed by atoms with van der Waals surface area (Å²) in [4.78, 5) is 18.7. The van der Waals surface area contributed by atoms with E-state index in [-0.39, 0.29) is 5.91 Å². The summed E-state index contributed by atoms with van der Waals surface area (Å²) in [7, 11) is 0. The molecule has 1 saturated heterocycles. The van der Waals surface area contributed by atoms with Gasteiger partial charge in [0.2, 0.25) is 5.88 Å². The number of carbonyl (C=O) groups is 1. The summed E-state index contributed by atoms with van der Waals surface area (Å²) in [6.45, 7) is 3.03. The molecule has 1 fully saturated rings. The van der Waals surface area contributed by atoms with Crippen LogP contribution in [0.25, 0.3) is 0 Å². The summed E-state index contributed by atoms with van der Waals surface area (Å²) in [5, 5.41) is 3.24. The van der Waals surface area contributed by atoms with Gasteiger partial charge in [-0.3, -0.25) is 4.79 Å². The molecule has 1 aromatic carbocycles. The average Bonchev–Trinajstić information content (AvgIpc) is 2.58. The van der Waals surface area contributed by atoms with Crippen molar-refractivity contribution in [2.45, 2.75) is 0 Å². The second-order valence-electron chi connectivity index (χ2n) is 4.95. The first kappa shape index (κ1) is 15.0. The SMILES string of the molecule is O=C(c1cccnc1Oc1ccc(Br)cc1)N1CCNCC1. The van der Waals surface area contributed by atoms with E-state index in [9.17, 15) is 4.79 Å². The number of nitrogens with one attached hydrogen (secondary N) is 1. The van der Waals surface area contributed by atoms with Gasteiger partial charge in [-0.1, -0.05) is 15.9 Å². The number of rotatable bonds is 3. The second kappa shape index (κ2) is 6.89. The highest BCUT2D eigenvalue weighted by molar-refractivity contribution is 9.10. The number of aromatic nitrogens is 1. The van der Waals surface area contributed by atoms with E-state index in [4.69, 9.17) is 4.74 Å². The Balaban J connectivity index is 1.82. The van der Waals surface area contributed by atoms with Crippen molar-refractivity contribution < 1.29 is 9.53 Å². The summed E-state index contributed by atoms with van der Waals surface area (Å²) in [6, 6.07) is 10.9. The monoisotopic (exact) mass is 361 g/mol. The van der Waals surface area contributed by atoms with Gasteiger partial charge >= 0.3 is 0 Å². The van der Waals surface area contributed by atoms with E-state index in [1.54, 1.807) is 18.3 Å². The Kier molecular flexibility index (Phi) is 4.70. The van der Waals surface area contributed by atoms with Crippen LogP contribution in [0.15, 0.2) is 47.1 Å². The molecule has 2 heterocycles. The highest BCUT2D eigenvalue weighted by Gasteiger charge is 2.22. The molecule has 1 aliphatic rings. The first-order chi connectivity index (χ1) is 10.7. The van der Waals surface area contributed by atoms with Crippen LogP contribution in [-0.2, 0) is 0 Å². The van der Waals surface area contributed by atoms with Gasteiger partial charge in [0.05, 0.1) is 0 Å². The molecule has 1 N–H and O–H groups in total. The van der Waals surface area contributed by atoms with Gasteiger partial charge in [-0.15, -0.1) is 0 Å². The Morgan fingerprint density at radius 3 is 2.64 bits per heavy atom. The van der Waals surface area contributed by atoms with E-state index in [0.29, 0.717) is 30.3 Å². The predicted molar refractivity (Wildman–Crippen MR) is 87.2 cm³/mol. The number of amides is 1. The lowest BCUT2D eigenvalue weighted by Gasteiger charge is -2.27. The molecule has 114 valence electrons. The predicted octanol–water partition coefficient (Wildman–Crippen LogP) is 2.68. The zero-order chi connectivity index (χ0) is 15.4. The molecule has 22 heavy (non-hydrogen) atoms. The molecule has 1 aromatic heterocycles. The number of hydrogen-bond donors (Lipinski definition) is 1. The lowest BCUT2D eigenvalue weighted by molar-refractivity contribution is 0.0732. The molecule has 5 nitrogen and oxygen atoms in total. The topological polar surface area (TPSA) is 54.5 Å². The fraction of sp³-hybridized carbons (Fsp3) is 0.250. The Morgan fingerprint density at radius 2 is 1.91 bits per heavy atom. The molecule has 3 rings (SSSR count). The van der Waals surface area contributed by atoms with Crippen LogP contribution in [0.2, 0.25) is 0 Å². The first-order valence-electron chi connectivity index (χ1n) is 7.12. The second-order valence-corrected chi connectivity index (χ2v) is 5.87. The molecule has 0 aliphatic carbocycles. The zero-order valence-electron chi connectivity index (χ0n) is 12.0. The number of hydrogen-bond acceptors (Lipinski definition) is 4. The standard InChI is InChI=1S/C16H16BrN3O2/c17-12-3-5-13(6-4-12)22-15-14(2-1-7-19-15)16(21)20-10-8-18-9-11-20/h1-7,18H,8-11H2. The van der Waals surface area contributed by atoms with E-state index < -0.39 is 0 Å². The van der Waals surface area contributed by atoms with Crippen LogP contribution in [0.4, 0.5) is 0 Å². The zero-order valence-corrected chi connectivity index (χ0v) is 13.5. The summed E-state index contributed by atoms with van der Waals surface area (Å²) in [5.41, 5.74) is 0.493. The van der Waals surface area contributed by atoms with Crippen LogP contribution in [0.5, 0.6) is 11.6 Å². The largest absolute Gasteiger partial charge is 0.438 e. The fourth-order valence-corrected chi connectivity index (χ4v) is 2.55. The molecular weight excluding hydrogens is 346 g/mol. The van der Waals surface area contributed by atoms with Gasteiger partial charge < -0.3 is 15.0 Å². The van der Waals surface area contributed by atoms with Crippen LogP contribution in [0.3, 0.4) is 0 Å². The molecule has 1 amide bonds. The van der Waals surface area contributed by atoms with Crippen molar-refractivity contribution in [3.05, 3.63) is 52.6 Å². The van der Waals surface area contributed by atoms with Crippen molar-refractivity contribution in [1.29, 1.82) is 0 Å². The Bertz CT molecular complexity index is 655. The first-order valence-corrected chi connectivity index (χ1v) is 7.92. The third-order valence-corrected chi connectivity index (χ3v) is 3.96. The smallest absolute Gasteiger partial charge is 0.259 e.